The molecule has 0 fully saturated rings. The van der Waals surface area contributed by atoms with Gasteiger partial charge in [-0.25, -0.2) is 0 Å². The van der Waals surface area contributed by atoms with Crippen LogP contribution in [-0.2, 0) is 5.41 Å². The number of rotatable bonds is 4. The average molecular weight is 402 g/mol. The van der Waals surface area contributed by atoms with E-state index in [4.69, 9.17) is 0 Å². The molecule has 0 bridgehead atoms. The number of ketones is 1. The molecule has 0 unspecified atom stereocenters. The van der Waals surface area contributed by atoms with Crippen LogP contribution in [0.4, 0.5) is 26.3 Å². The SMILES string of the molecule is CC(=O)c1cc(C(c2ccc(C)c(C=O)c2)(C(F)(F)F)C(F)(F)F)ccc1C. The Balaban J connectivity index is 3.02. The van der Waals surface area contributed by atoms with Crippen LogP contribution in [0.2, 0.25) is 0 Å². The molecule has 2 rings (SSSR count). The first kappa shape index (κ1) is 21.7. The Bertz CT molecular complexity index is 911. The molecule has 8 heteroatoms. The van der Waals surface area contributed by atoms with E-state index in [1.165, 1.54) is 13.8 Å². The molecule has 0 aliphatic heterocycles. The summed E-state index contributed by atoms with van der Waals surface area (Å²) in [4.78, 5) is 22.8. The number of carbonyl (C=O) groups is 2. The third kappa shape index (κ3) is 3.31. The van der Waals surface area contributed by atoms with Crippen molar-refractivity contribution in [3.8, 4) is 0 Å². The minimum Gasteiger partial charge on any atom is -0.298 e. The van der Waals surface area contributed by atoms with Gasteiger partial charge < -0.3 is 0 Å². The van der Waals surface area contributed by atoms with Gasteiger partial charge in [0.1, 0.15) is 6.29 Å². The number of aldehydes is 1. The van der Waals surface area contributed by atoms with Gasteiger partial charge in [0, 0.05) is 11.1 Å². The number of alkyl halides is 6. The molecule has 150 valence electrons. The van der Waals surface area contributed by atoms with Crippen LogP contribution in [-0.4, -0.2) is 24.4 Å². The van der Waals surface area contributed by atoms with Gasteiger partial charge in [-0.15, -0.1) is 0 Å². The number of hydrogen-bond acceptors (Lipinski definition) is 2. The molecule has 2 nitrogen and oxygen atoms in total. The van der Waals surface area contributed by atoms with E-state index >= 15 is 0 Å². The lowest BCUT2D eigenvalue weighted by atomic mass is 9.71. The van der Waals surface area contributed by atoms with Crippen LogP contribution in [0.15, 0.2) is 36.4 Å². The zero-order valence-corrected chi connectivity index (χ0v) is 15.1. The van der Waals surface area contributed by atoms with Crippen molar-refractivity contribution in [3.63, 3.8) is 0 Å². The highest BCUT2D eigenvalue weighted by Crippen LogP contribution is 2.56. The second-order valence-electron chi connectivity index (χ2n) is 6.52. The van der Waals surface area contributed by atoms with Crippen LogP contribution < -0.4 is 0 Å². The lowest BCUT2D eigenvalue weighted by Gasteiger charge is -2.38. The van der Waals surface area contributed by atoms with Crippen LogP contribution in [0.1, 0.15) is 49.9 Å². The summed E-state index contributed by atoms with van der Waals surface area (Å²) in [5, 5.41) is 0. The van der Waals surface area contributed by atoms with Gasteiger partial charge in [0.25, 0.3) is 0 Å². The van der Waals surface area contributed by atoms with E-state index < -0.39 is 34.7 Å². The molecular formula is C20H16F6O2. The van der Waals surface area contributed by atoms with Crippen molar-refractivity contribution in [2.75, 3.05) is 0 Å². The van der Waals surface area contributed by atoms with Crippen molar-refractivity contribution in [1.29, 1.82) is 0 Å². The molecule has 0 saturated heterocycles. The van der Waals surface area contributed by atoms with E-state index in [0.717, 1.165) is 19.1 Å². The van der Waals surface area contributed by atoms with Crippen LogP contribution >= 0.6 is 0 Å². The predicted molar refractivity (Wildman–Crippen MR) is 90.6 cm³/mol. The van der Waals surface area contributed by atoms with Gasteiger partial charge >= 0.3 is 12.4 Å². The van der Waals surface area contributed by atoms with Crippen molar-refractivity contribution in [2.24, 2.45) is 0 Å². The smallest absolute Gasteiger partial charge is 0.298 e. The first-order valence-corrected chi connectivity index (χ1v) is 8.09. The highest BCUT2D eigenvalue weighted by Gasteiger charge is 2.72. The number of carbonyl (C=O) groups excluding carboxylic acids is 2. The number of benzene rings is 2. The van der Waals surface area contributed by atoms with Crippen LogP contribution in [0.5, 0.6) is 0 Å². The van der Waals surface area contributed by atoms with Gasteiger partial charge in [-0.05, 0) is 55.2 Å². The minimum atomic E-state index is -5.79. The Kier molecular flexibility index (Phi) is 5.47. The topological polar surface area (TPSA) is 34.1 Å². The zero-order valence-electron chi connectivity index (χ0n) is 15.1. The Morgan fingerprint density at radius 3 is 1.71 bits per heavy atom. The largest absolute Gasteiger partial charge is 0.411 e. The molecule has 2 aromatic carbocycles. The number of aryl methyl sites for hydroxylation is 2. The van der Waals surface area contributed by atoms with Crippen molar-refractivity contribution < 1.29 is 35.9 Å². The Morgan fingerprint density at radius 1 is 0.821 bits per heavy atom. The number of halogens is 6. The average Bonchev–Trinajstić information content (AvgIpc) is 2.55. The Hall–Kier alpha value is -2.64. The number of hydrogen-bond donors (Lipinski definition) is 0. The monoisotopic (exact) mass is 402 g/mol. The fraction of sp³-hybridized carbons (Fsp3) is 0.300. The molecular weight excluding hydrogens is 386 g/mol. The van der Waals surface area contributed by atoms with E-state index in [-0.39, 0.29) is 28.5 Å². The van der Waals surface area contributed by atoms with Crippen molar-refractivity contribution in [3.05, 3.63) is 69.8 Å². The van der Waals surface area contributed by atoms with Gasteiger partial charge in [0.05, 0.1) is 0 Å². The lowest BCUT2D eigenvalue weighted by Crippen LogP contribution is -2.55. The normalized spacial score (nSPS) is 12.8. The van der Waals surface area contributed by atoms with Gasteiger partial charge in [-0.2, -0.15) is 26.3 Å². The fourth-order valence-electron chi connectivity index (χ4n) is 3.22. The van der Waals surface area contributed by atoms with Crippen LogP contribution in [0.3, 0.4) is 0 Å². The molecule has 2 aromatic rings. The molecule has 0 heterocycles. The summed E-state index contributed by atoms with van der Waals surface area (Å²) in [5.41, 5.74) is -6.70. The zero-order chi connectivity index (χ0) is 21.5. The van der Waals surface area contributed by atoms with Gasteiger partial charge in [-0.3, -0.25) is 9.59 Å². The third-order valence-corrected chi connectivity index (χ3v) is 4.74. The molecule has 0 amide bonds. The number of Topliss-reactive ketones (excluding diaryl/α,β-unsaturated/α-hetero) is 1. The summed E-state index contributed by atoms with van der Waals surface area (Å²) >= 11 is 0. The second kappa shape index (κ2) is 7.07. The summed E-state index contributed by atoms with van der Waals surface area (Å²) in [6, 6.07) is 4.72. The molecule has 28 heavy (non-hydrogen) atoms. The van der Waals surface area contributed by atoms with Gasteiger partial charge in [-0.1, -0.05) is 24.3 Å². The molecule has 0 aliphatic rings. The second-order valence-corrected chi connectivity index (χ2v) is 6.52. The van der Waals surface area contributed by atoms with E-state index in [2.05, 4.69) is 0 Å². The predicted octanol–water partition coefficient (Wildman–Crippen LogP) is 5.73. The van der Waals surface area contributed by atoms with Crippen LogP contribution in [0.25, 0.3) is 0 Å². The summed E-state index contributed by atoms with van der Waals surface area (Å²) in [6.45, 7) is 3.88. The first-order valence-electron chi connectivity index (χ1n) is 8.09. The van der Waals surface area contributed by atoms with Crippen LogP contribution in [0, 0.1) is 13.8 Å². The molecule has 0 saturated carbocycles. The fourth-order valence-corrected chi connectivity index (χ4v) is 3.22. The Morgan fingerprint density at radius 2 is 1.29 bits per heavy atom. The van der Waals surface area contributed by atoms with E-state index in [1.807, 2.05) is 0 Å². The van der Waals surface area contributed by atoms with Crippen molar-refractivity contribution in [2.45, 2.75) is 38.5 Å². The maximum absolute atomic E-state index is 14.1. The summed E-state index contributed by atoms with van der Waals surface area (Å²) in [5.74, 6) is -0.657. The molecule has 0 aromatic heterocycles. The molecule has 0 N–H and O–H groups in total. The summed E-state index contributed by atoms with van der Waals surface area (Å²) in [6.07, 6.45) is -11.4. The Labute approximate surface area is 157 Å². The summed E-state index contributed by atoms with van der Waals surface area (Å²) < 4.78 is 84.7. The lowest BCUT2D eigenvalue weighted by molar-refractivity contribution is -0.288. The van der Waals surface area contributed by atoms with Gasteiger partial charge in [0.2, 0.25) is 5.41 Å². The maximum Gasteiger partial charge on any atom is 0.411 e. The third-order valence-electron chi connectivity index (χ3n) is 4.74. The van der Waals surface area contributed by atoms with Crippen molar-refractivity contribution in [1.82, 2.24) is 0 Å². The molecule has 0 radical (unpaired) electrons. The van der Waals surface area contributed by atoms with Gasteiger partial charge in [0.15, 0.2) is 5.78 Å². The van der Waals surface area contributed by atoms with E-state index in [0.29, 0.717) is 24.3 Å². The van der Waals surface area contributed by atoms with E-state index in [9.17, 15) is 35.9 Å². The van der Waals surface area contributed by atoms with E-state index in [1.54, 1.807) is 0 Å². The minimum absolute atomic E-state index is 0.201. The highest BCUT2D eigenvalue weighted by atomic mass is 19.4. The maximum atomic E-state index is 14.1. The quantitative estimate of drug-likeness (QED) is 0.372. The van der Waals surface area contributed by atoms with Crippen molar-refractivity contribution >= 4 is 12.1 Å². The molecule has 0 atom stereocenters. The summed E-state index contributed by atoms with van der Waals surface area (Å²) in [7, 11) is 0. The molecule has 0 spiro atoms. The highest BCUT2D eigenvalue weighted by molar-refractivity contribution is 5.95. The standard InChI is InChI=1S/C20H16F6O2/c1-11-4-6-15(8-14(11)10-27)18(19(21,22)23,20(24,25)26)16-7-5-12(2)17(9-16)13(3)28/h4-10H,1-3H3. The first-order chi connectivity index (χ1) is 12.8. The molecule has 0 aliphatic carbocycles.